The molecule has 0 aromatic rings. The van der Waals surface area contributed by atoms with Gasteiger partial charge < -0.3 is 14.2 Å². The second-order valence-electron chi connectivity index (χ2n) is 4.22. The normalized spacial score (nSPS) is 50.8. The Morgan fingerprint density at radius 1 is 1.54 bits per heavy atom. The van der Waals surface area contributed by atoms with Gasteiger partial charge in [0.15, 0.2) is 11.4 Å². The van der Waals surface area contributed by atoms with E-state index in [1.165, 1.54) is 3.58 Å². The lowest BCUT2D eigenvalue weighted by atomic mass is 10.1. The highest BCUT2D eigenvalue weighted by Crippen LogP contribution is 2.54. The molecule has 0 aromatic heterocycles. The summed E-state index contributed by atoms with van der Waals surface area (Å²) in [6, 6.07) is 0. The first-order valence-electron chi connectivity index (χ1n) is 4.41. The van der Waals surface area contributed by atoms with Gasteiger partial charge in [-0.15, -0.1) is 0 Å². The van der Waals surface area contributed by atoms with Crippen LogP contribution in [0.15, 0.2) is 9.66 Å². The van der Waals surface area contributed by atoms with Gasteiger partial charge >= 0.3 is 0 Å². The van der Waals surface area contributed by atoms with Gasteiger partial charge in [-0.25, -0.2) is 0 Å². The first kappa shape index (κ1) is 8.64. The van der Waals surface area contributed by atoms with Crippen LogP contribution in [0, 0.1) is 0 Å². The first-order valence-corrected chi connectivity index (χ1v) is 5.49. The highest BCUT2D eigenvalue weighted by molar-refractivity contribution is 14.1. The summed E-state index contributed by atoms with van der Waals surface area (Å²) in [6.07, 6.45) is 2.63. The topological polar surface area (TPSA) is 31.0 Å². The van der Waals surface area contributed by atoms with Gasteiger partial charge in [-0.05, 0) is 42.5 Å². The van der Waals surface area contributed by atoms with Gasteiger partial charge in [-0.2, -0.15) is 0 Å². The fourth-order valence-corrected chi connectivity index (χ4v) is 3.01. The molecule has 3 rings (SSSR count). The van der Waals surface area contributed by atoms with Gasteiger partial charge in [0, 0.05) is 3.58 Å². The zero-order valence-corrected chi connectivity index (χ0v) is 9.70. The summed E-state index contributed by atoms with van der Waals surface area (Å²) in [5, 5.41) is 0. The van der Waals surface area contributed by atoms with Crippen molar-refractivity contribution in [3.05, 3.63) is 9.66 Å². The summed E-state index contributed by atoms with van der Waals surface area (Å²) in [7, 11) is 0. The summed E-state index contributed by atoms with van der Waals surface area (Å²) in [4.78, 5) is 0. The van der Waals surface area contributed by atoms with Crippen LogP contribution in [0.4, 0.5) is 0 Å². The number of epoxide rings is 1. The molecule has 13 heavy (non-hydrogen) atoms. The predicted molar refractivity (Wildman–Crippen MR) is 54.6 cm³/mol. The van der Waals surface area contributed by atoms with Crippen LogP contribution in [0.2, 0.25) is 0 Å². The van der Waals surface area contributed by atoms with Crippen molar-refractivity contribution in [3.63, 3.8) is 0 Å². The smallest absolute Gasteiger partial charge is 0.164 e. The molecule has 2 heterocycles. The predicted octanol–water partition coefficient (Wildman–Crippen LogP) is 1.61. The number of hydrogen-bond acceptors (Lipinski definition) is 3. The molecule has 0 N–H and O–H groups in total. The fraction of sp³-hybridized carbons (Fsp3) is 0.778. The van der Waals surface area contributed by atoms with E-state index in [0.717, 1.165) is 0 Å². The second kappa shape index (κ2) is 2.29. The van der Waals surface area contributed by atoms with Crippen molar-refractivity contribution in [2.24, 2.45) is 0 Å². The summed E-state index contributed by atoms with van der Waals surface area (Å²) >= 11 is 2.33. The molecule has 2 aliphatic heterocycles. The average Bonchev–Trinajstić information content (AvgIpc) is 2.64. The van der Waals surface area contributed by atoms with Crippen LogP contribution in [-0.4, -0.2) is 30.2 Å². The van der Waals surface area contributed by atoms with Crippen molar-refractivity contribution in [2.45, 2.75) is 37.4 Å². The molecule has 1 spiro atoms. The largest absolute Gasteiger partial charge is 0.361 e. The Bertz CT molecular complexity index is 299. The van der Waals surface area contributed by atoms with E-state index in [4.69, 9.17) is 14.2 Å². The van der Waals surface area contributed by atoms with Crippen LogP contribution >= 0.6 is 22.6 Å². The number of hydrogen-bond donors (Lipinski definition) is 0. The molecular formula is C9H11IO3. The Morgan fingerprint density at radius 3 is 2.77 bits per heavy atom. The van der Waals surface area contributed by atoms with Crippen LogP contribution in [-0.2, 0) is 14.2 Å². The Morgan fingerprint density at radius 2 is 2.31 bits per heavy atom. The van der Waals surface area contributed by atoms with Gasteiger partial charge in [0.1, 0.15) is 12.2 Å². The van der Waals surface area contributed by atoms with E-state index < -0.39 is 5.79 Å². The molecule has 72 valence electrons. The van der Waals surface area contributed by atoms with E-state index >= 15 is 0 Å². The maximum absolute atomic E-state index is 5.94. The monoisotopic (exact) mass is 294 g/mol. The Kier molecular flexibility index (Phi) is 1.52. The first-order chi connectivity index (χ1) is 6.04. The van der Waals surface area contributed by atoms with Gasteiger partial charge in [-0.3, -0.25) is 0 Å². The molecule has 4 heteroatoms. The van der Waals surface area contributed by atoms with Gasteiger partial charge in [0.25, 0.3) is 0 Å². The maximum atomic E-state index is 5.94. The lowest BCUT2D eigenvalue weighted by Crippen LogP contribution is -2.38. The van der Waals surface area contributed by atoms with Crippen molar-refractivity contribution in [3.8, 4) is 0 Å². The molecule has 0 bridgehead atoms. The minimum atomic E-state index is -0.467. The van der Waals surface area contributed by atoms with Gasteiger partial charge in [0.05, 0.1) is 6.61 Å². The van der Waals surface area contributed by atoms with Crippen molar-refractivity contribution in [2.75, 3.05) is 6.61 Å². The summed E-state index contributed by atoms with van der Waals surface area (Å²) in [5.74, 6) is -0.467. The van der Waals surface area contributed by atoms with E-state index in [0.29, 0.717) is 6.61 Å². The lowest BCUT2D eigenvalue weighted by molar-refractivity contribution is -0.154. The molecular weight excluding hydrogens is 283 g/mol. The minimum absolute atomic E-state index is 0.209. The van der Waals surface area contributed by atoms with Gasteiger partial charge in [0.2, 0.25) is 0 Å². The van der Waals surface area contributed by atoms with Crippen molar-refractivity contribution < 1.29 is 14.2 Å². The summed E-state index contributed by atoms with van der Waals surface area (Å²) < 4.78 is 18.2. The number of fused-ring (bicyclic) bond motifs is 2. The van der Waals surface area contributed by atoms with E-state index in [-0.39, 0.29) is 17.8 Å². The molecule has 3 atom stereocenters. The number of rotatable bonds is 0. The van der Waals surface area contributed by atoms with E-state index in [2.05, 4.69) is 28.7 Å². The molecule has 3 aliphatic rings. The molecule has 0 unspecified atom stereocenters. The molecule has 1 aliphatic carbocycles. The highest BCUT2D eigenvalue weighted by atomic mass is 127. The van der Waals surface area contributed by atoms with E-state index in [1.807, 2.05) is 13.8 Å². The maximum Gasteiger partial charge on any atom is 0.164 e. The lowest BCUT2D eigenvalue weighted by Gasteiger charge is -2.25. The average molecular weight is 294 g/mol. The quantitative estimate of drug-likeness (QED) is 0.502. The Labute approximate surface area is 90.6 Å². The van der Waals surface area contributed by atoms with Crippen LogP contribution < -0.4 is 0 Å². The third-order valence-corrected chi connectivity index (χ3v) is 4.03. The zero-order valence-electron chi connectivity index (χ0n) is 7.54. The molecule has 2 saturated heterocycles. The Balaban J connectivity index is 1.95. The van der Waals surface area contributed by atoms with Crippen molar-refractivity contribution in [1.29, 1.82) is 0 Å². The second-order valence-corrected chi connectivity index (χ2v) is 5.38. The van der Waals surface area contributed by atoms with Crippen LogP contribution in [0.1, 0.15) is 13.8 Å². The van der Waals surface area contributed by atoms with Crippen LogP contribution in [0.25, 0.3) is 0 Å². The molecule has 2 fully saturated rings. The van der Waals surface area contributed by atoms with E-state index in [9.17, 15) is 0 Å². The van der Waals surface area contributed by atoms with Crippen molar-refractivity contribution in [1.82, 2.24) is 0 Å². The SMILES string of the molecule is CC1(C)OC[C@]2(O1)C(I)=C[C@H]1O[C@H]12. The summed E-state index contributed by atoms with van der Waals surface area (Å²) in [6.45, 7) is 4.51. The minimum Gasteiger partial charge on any atom is -0.361 e. The standard InChI is InChI=1S/C9H11IO3/c1-8(2)11-4-9(13-8)6(10)3-5-7(9)12-5/h3,5,7H,4H2,1-2H3/t5-,7-,9+/m1/s1. The third kappa shape index (κ3) is 1.06. The molecule has 0 radical (unpaired) electrons. The molecule has 3 nitrogen and oxygen atoms in total. The Hall–Kier alpha value is 0.350. The van der Waals surface area contributed by atoms with Crippen LogP contribution in [0.3, 0.4) is 0 Å². The van der Waals surface area contributed by atoms with Gasteiger partial charge in [-0.1, -0.05) is 0 Å². The number of ether oxygens (including phenoxy) is 3. The highest BCUT2D eigenvalue weighted by Gasteiger charge is 2.66. The summed E-state index contributed by atoms with van der Waals surface area (Å²) in [5.41, 5.74) is -0.283. The fourth-order valence-electron chi connectivity index (χ4n) is 2.08. The van der Waals surface area contributed by atoms with Crippen LogP contribution in [0.5, 0.6) is 0 Å². The third-order valence-electron chi connectivity index (χ3n) is 2.76. The zero-order chi connectivity index (χ0) is 9.27. The van der Waals surface area contributed by atoms with Crippen molar-refractivity contribution >= 4 is 22.6 Å². The molecule has 0 saturated carbocycles. The van der Waals surface area contributed by atoms with E-state index in [1.54, 1.807) is 0 Å². The molecule has 0 aromatic carbocycles. The molecule has 0 amide bonds. The number of halogens is 1.